The van der Waals surface area contributed by atoms with E-state index in [1.54, 1.807) is 0 Å². The van der Waals surface area contributed by atoms with Crippen LogP contribution in [0.15, 0.2) is 16.5 Å². The van der Waals surface area contributed by atoms with Gasteiger partial charge >= 0.3 is 5.97 Å². The third kappa shape index (κ3) is 3.67. The van der Waals surface area contributed by atoms with Crippen molar-refractivity contribution in [2.75, 3.05) is 6.54 Å². The molecule has 0 bridgehead atoms. The number of hydrogen-bond donors (Lipinski definition) is 3. The molecule has 0 aromatic carbocycles. The van der Waals surface area contributed by atoms with E-state index in [0.29, 0.717) is 6.54 Å². The van der Waals surface area contributed by atoms with Crippen LogP contribution in [0.3, 0.4) is 0 Å². The molecule has 90 valence electrons. The lowest BCUT2D eigenvalue weighted by molar-refractivity contribution is 0.0650. The number of carboxylic acids is 1. The van der Waals surface area contributed by atoms with Crippen LogP contribution in [0.25, 0.3) is 0 Å². The van der Waals surface area contributed by atoms with Crippen LogP contribution in [0.4, 0.5) is 0 Å². The molecule has 1 unspecified atom stereocenters. The number of nitrogens with one attached hydrogen (secondary N) is 1. The molecule has 0 saturated heterocycles. The molecule has 0 saturated carbocycles. The van der Waals surface area contributed by atoms with Gasteiger partial charge in [0.15, 0.2) is 0 Å². The quantitative estimate of drug-likeness (QED) is 0.724. The molecule has 0 fully saturated rings. The van der Waals surface area contributed by atoms with Crippen LogP contribution in [0.1, 0.15) is 43.2 Å². The van der Waals surface area contributed by atoms with Crippen LogP contribution in [0.2, 0.25) is 0 Å². The second-order valence-electron chi connectivity index (χ2n) is 4.65. The summed E-state index contributed by atoms with van der Waals surface area (Å²) in [5.74, 6) is -1.04. The highest BCUT2D eigenvalue weighted by Crippen LogP contribution is 2.16. The Balaban J connectivity index is 2.59. The number of β-amino-alcohol motifs (C(OH)–C–C–N with tert-alkyl or cyclic N) is 1. The van der Waals surface area contributed by atoms with E-state index in [0.717, 1.165) is 0 Å². The molecule has 5 nitrogen and oxygen atoms in total. The van der Waals surface area contributed by atoms with Gasteiger partial charge in [-0.05, 0) is 32.9 Å². The first-order valence-electron chi connectivity index (χ1n) is 5.06. The van der Waals surface area contributed by atoms with Gasteiger partial charge in [-0.25, -0.2) is 4.79 Å². The van der Waals surface area contributed by atoms with Crippen LogP contribution in [0, 0.1) is 0 Å². The van der Waals surface area contributed by atoms with Crippen molar-refractivity contribution in [3.05, 3.63) is 23.7 Å². The molecule has 1 atom stereocenters. The minimum atomic E-state index is -1.14. The van der Waals surface area contributed by atoms with Crippen molar-refractivity contribution < 1.29 is 19.4 Å². The summed E-state index contributed by atoms with van der Waals surface area (Å²) in [7, 11) is 0. The first-order chi connectivity index (χ1) is 7.29. The van der Waals surface area contributed by atoms with Gasteiger partial charge in [0.05, 0.1) is 0 Å². The van der Waals surface area contributed by atoms with Gasteiger partial charge in [0, 0.05) is 12.1 Å². The van der Waals surface area contributed by atoms with Crippen molar-refractivity contribution in [1.29, 1.82) is 0 Å². The number of furan rings is 1. The Kier molecular flexibility index (Phi) is 3.72. The number of aliphatic hydroxyl groups is 1. The first-order valence-corrected chi connectivity index (χ1v) is 5.06. The summed E-state index contributed by atoms with van der Waals surface area (Å²) in [6, 6.07) is 2.80. The van der Waals surface area contributed by atoms with E-state index in [2.05, 4.69) is 5.32 Å². The lowest BCUT2D eigenvalue weighted by Gasteiger charge is -2.22. The van der Waals surface area contributed by atoms with Gasteiger partial charge in [0.1, 0.15) is 11.9 Å². The fourth-order valence-electron chi connectivity index (χ4n) is 1.15. The van der Waals surface area contributed by atoms with E-state index in [1.165, 1.54) is 12.1 Å². The van der Waals surface area contributed by atoms with E-state index >= 15 is 0 Å². The number of carboxylic acid groups (broad SMARTS) is 1. The summed E-state index contributed by atoms with van der Waals surface area (Å²) in [5.41, 5.74) is -0.108. The van der Waals surface area contributed by atoms with Gasteiger partial charge < -0.3 is 19.9 Å². The van der Waals surface area contributed by atoms with E-state index in [4.69, 9.17) is 9.52 Å². The average molecular weight is 227 g/mol. The van der Waals surface area contributed by atoms with Gasteiger partial charge in [-0.1, -0.05) is 0 Å². The third-order valence-corrected chi connectivity index (χ3v) is 1.99. The zero-order valence-corrected chi connectivity index (χ0v) is 9.65. The van der Waals surface area contributed by atoms with Crippen molar-refractivity contribution in [3.63, 3.8) is 0 Å². The fraction of sp³-hybridized carbons (Fsp3) is 0.545. The smallest absolute Gasteiger partial charge is 0.371 e. The SMILES string of the molecule is CC(C)(C)NCC(O)c1ccc(C(=O)O)o1. The van der Waals surface area contributed by atoms with Crippen LogP contribution in [0.5, 0.6) is 0 Å². The maximum Gasteiger partial charge on any atom is 0.371 e. The molecule has 0 amide bonds. The van der Waals surface area contributed by atoms with Gasteiger partial charge in [-0.3, -0.25) is 0 Å². The Bertz CT molecular complexity index is 364. The number of rotatable bonds is 4. The predicted octanol–water partition coefficient (Wildman–Crippen LogP) is 1.40. The summed E-state index contributed by atoms with van der Waals surface area (Å²) in [5, 5.41) is 21.5. The molecule has 0 aliphatic heterocycles. The molecule has 0 spiro atoms. The van der Waals surface area contributed by atoms with Crippen molar-refractivity contribution >= 4 is 5.97 Å². The first kappa shape index (κ1) is 12.7. The van der Waals surface area contributed by atoms with Crippen LogP contribution in [-0.4, -0.2) is 28.3 Å². The summed E-state index contributed by atoms with van der Waals surface area (Å²) >= 11 is 0. The van der Waals surface area contributed by atoms with E-state index in [1.807, 2.05) is 20.8 Å². The van der Waals surface area contributed by atoms with Crippen molar-refractivity contribution in [2.45, 2.75) is 32.4 Å². The second-order valence-corrected chi connectivity index (χ2v) is 4.65. The second kappa shape index (κ2) is 4.67. The highest BCUT2D eigenvalue weighted by atomic mass is 16.4. The molecule has 0 radical (unpaired) electrons. The van der Waals surface area contributed by atoms with Gasteiger partial charge in [0.2, 0.25) is 5.76 Å². The largest absolute Gasteiger partial charge is 0.475 e. The molecule has 1 aromatic heterocycles. The minimum Gasteiger partial charge on any atom is -0.475 e. The molecule has 3 N–H and O–H groups in total. The average Bonchev–Trinajstić information content (AvgIpc) is 2.61. The molecule has 5 heteroatoms. The molecule has 0 aliphatic carbocycles. The topological polar surface area (TPSA) is 82.7 Å². The number of aliphatic hydroxyl groups excluding tert-OH is 1. The highest BCUT2D eigenvalue weighted by molar-refractivity contribution is 5.84. The Morgan fingerprint density at radius 1 is 1.50 bits per heavy atom. The standard InChI is InChI=1S/C11H17NO4/c1-11(2,3)12-6-7(13)8-4-5-9(16-8)10(14)15/h4-5,7,12-13H,6H2,1-3H3,(H,14,15). The van der Waals surface area contributed by atoms with Gasteiger partial charge in [-0.2, -0.15) is 0 Å². The summed E-state index contributed by atoms with van der Waals surface area (Å²) < 4.78 is 4.98. The lowest BCUT2D eigenvalue weighted by Crippen LogP contribution is -2.38. The number of hydrogen-bond acceptors (Lipinski definition) is 4. The third-order valence-electron chi connectivity index (χ3n) is 1.99. The van der Waals surface area contributed by atoms with Gasteiger partial charge in [0.25, 0.3) is 0 Å². The lowest BCUT2D eigenvalue weighted by atomic mass is 10.1. The zero-order valence-electron chi connectivity index (χ0n) is 9.65. The van der Waals surface area contributed by atoms with E-state index < -0.39 is 12.1 Å². The Hall–Kier alpha value is -1.33. The summed E-state index contributed by atoms with van der Waals surface area (Å²) in [6.45, 7) is 6.25. The normalized spacial score (nSPS) is 13.8. The van der Waals surface area contributed by atoms with Crippen molar-refractivity contribution in [2.24, 2.45) is 0 Å². The van der Waals surface area contributed by atoms with Crippen molar-refractivity contribution in [3.8, 4) is 0 Å². The van der Waals surface area contributed by atoms with Gasteiger partial charge in [-0.15, -0.1) is 0 Å². The zero-order chi connectivity index (χ0) is 12.3. The maximum absolute atomic E-state index is 10.6. The molecule has 1 aromatic rings. The summed E-state index contributed by atoms with van der Waals surface area (Å²) in [4.78, 5) is 10.6. The van der Waals surface area contributed by atoms with Crippen LogP contribution < -0.4 is 5.32 Å². The number of aromatic carboxylic acids is 1. The fourth-order valence-corrected chi connectivity index (χ4v) is 1.15. The predicted molar refractivity (Wildman–Crippen MR) is 58.4 cm³/mol. The molecule has 0 aliphatic rings. The highest BCUT2D eigenvalue weighted by Gasteiger charge is 2.17. The molecule has 1 rings (SSSR count). The van der Waals surface area contributed by atoms with E-state index in [9.17, 15) is 9.90 Å². The monoisotopic (exact) mass is 227 g/mol. The molecular formula is C11H17NO4. The Morgan fingerprint density at radius 3 is 2.56 bits per heavy atom. The van der Waals surface area contributed by atoms with Crippen LogP contribution in [-0.2, 0) is 0 Å². The Labute approximate surface area is 94.1 Å². The minimum absolute atomic E-state index is 0.108. The molecule has 16 heavy (non-hydrogen) atoms. The van der Waals surface area contributed by atoms with E-state index in [-0.39, 0.29) is 17.1 Å². The Morgan fingerprint density at radius 2 is 2.12 bits per heavy atom. The number of carbonyl (C=O) groups is 1. The molecule has 1 heterocycles. The van der Waals surface area contributed by atoms with Crippen molar-refractivity contribution in [1.82, 2.24) is 5.32 Å². The summed E-state index contributed by atoms with van der Waals surface area (Å²) in [6.07, 6.45) is -0.840. The maximum atomic E-state index is 10.6. The van der Waals surface area contributed by atoms with Crippen LogP contribution >= 0.6 is 0 Å². The molecular weight excluding hydrogens is 210 g/mol.